The average Bonchev–Trinajstić information content (AvgIpc) is 2.65. The van der Waals surface area contributed by atoms with Crippen LogP contribution in [0.25, 0.3) is 0 Å². The van der Waals surface area contributed by atoms with Crippen LogP contribution in [-0.2, 0) is 12.9 Å². The van der Waals surface area contributed by atoms with Crippen molar-refractivity contribution in [2.24, 2.45) is 7.05 Å². The number of aromatic nitrogens is 4. The fourth-order valence-electron chi connectivity index (χ4n) is 1.07. The summed E-state index contributed by atoms with van der Waals surface area (Å²) >= 11 is 5.74. The summed E-state index contributed by atoms with van der Waals surface area (Å²) in [6.45, 7) is 0. The van der Waals surface area contributed by atoms with Crippen LogP contribution in [0.5, 0.6) is 11.9 Å². The second-order valence-electron chi connectivity index (χ2n) is 2.90. The lowest BCUT2D eigenvalue weighted by Crippen LogP contribution is -1.95. The maximum Gasteiger partial charge on any atom is 0.342 e. The van der Waals surface area contributed by atoms with E-state index in [0.717, 1.165) is 5.56 Å². The fraction of sp³-hybridized carbons (Fsp3) is 0.222. The van der Waals surface area contributed by atoms with E-state index in [1.54, 1.807) is 30.3 Å². The molecule has 0 spiro atoms. The molecule has 15 heavy (non-hydrogen) atoms. The summed E-state index contributed by atoms with van der Waals surface area (Å²) in [4.78, 5) is 7.99. The van der Waals surface area contributed by atoms with Crippen LogP contribution in [0, 0.1) is 0 Å². The molecule has 6 heteroatoms. The van der Waals surface area contributed by atoms with Gasteiger partial charge < -0.3 is 4.74 Å². The molecule has 0 aliphatic carbocycles. The van der Waals surface area contributed by atoms with Crippen LogP contribution in [0.2, 0.25) is 0 Å². The lowest BCUT2D eigenvalue weighted by atomic mass is 10.3. The maximum absolute atomic E-state index is 5.74. The van der Waals surface area contributed by atoms with Gasteiger partial charge in [-0.15, -0.1) is 16.7 Å². The summed E-state index contributed by atoms with van der Waals surface area (Å²) in [5, 5.41) is 3.98. The van der Waals surface area contributed by atoms with Gasteiger partial charge in [-0.3, -0.25) is 4.68 Å². The number of pyridine rings is 1. The number of nitrogens with zero attached hydrogens (tertiary/aromatic N) is 4. The molecule has 2 heterocycles. The number of halogens is 1. The molecule has 0 aromatic carbocycles. The van der Waals surface area contributed by atoms with Crippen molar-refractivity contribution < 1.29 is 4.74 Å². The lowest BCUT2D eigenvalue weighted by Gasteiger charge is -2.03. The molecular weight excluding hydrogens is 216 g/mol. The Morgan fingerprint density at radius 3 is 3.00 bits per heavy atom. The number of aryl methyl sites for hydroxylation is 1. The van der Waals surface area contributed by atoms with Crippen molar-refractivity contribution in [2.75, 3.05) is 0 Å². The van der Waals surface area contributed by atoms with Crippen molar-refractivity contribution in [1.29, 1.82) is 0 Å². The highest BCUT2D eigenvalue weighted by atomic mass is 35.5. The number of hydrogen-bond acceptors (Lipinski definition) is 4. The SMILES string of the molecule is Cn1cnc(Oc2ncccc2CCl)n1. The van der Waals surface area contributed by atoms with E-state index in [1.807, 2.05) is 6.07 Å². The Labute approximate surface area is 91.7 Å². The van der Waals surface area contributed by atoms with Gasteiger partial charge in [0.2, 0.25) is 5.88 Å². The van der Waals surface area contributed by atoms with Crippen LogP contribution < -0.4 is 4.74 Å². The monoisotopic (exact) mass is 224 g/mol. The maximum atomic E-state index is 5.74. The first-order valence-corrected chi connectivity index (χ1v) is 4.86. The molecular formula is C9H9ClN4O. The molecule has 0 bridgehead atoms. The number of ether oxygens (including phenoxy) is 1. The van der Waals surface area contributed by atoms with Crippen LogP contribution in [0.15, 0.2) is 24.7 Å². The quantitative estimate of drug-likeness (QED) is 0.746. The minimum atomic E-state index is 0.266. The molecule has 0 amide bonds. The summed E-state index contributed by atoms with van der Waals surface area (Å²) in [5.74, 6) is 0.787. The van der Waals surface area contributed by atoms with Gasteiger partial charge in [0.05, 0.1) is 5.88 Å². The van der Waals surface area contributed by atoms with E-state index >= 15 is 0 Å². The molecule has 2 aromatic rings. The van der Waals surface area contributed by atoms with E-state index in [4.69, 9.17) is 16.3 Å². The zero-order valence-electron chi connectivity index (χ0n) is 8.09. The highest BCUT2D eigenvalue weighted by Gasteiger charge is 2.07. The van der Waals surface area contributed by atoms with Crippen molar-refractivity contribution in [3.05, 3.63) is 30.2 Å². The molecule has 5 nitrogen and oxygen atoms in total. The Hall–Kier alpha value is -1.62. The summed E-state index contributed by atoms with van der Waals surface area (Å²) in [5.41, 5.74) is 0.812. The minimum Gasteiger partial charge on any atom is -0.404 e. The normalized spacial score (nSPS) is 10.3. The van der Waals surface area contributed by atoms with Crippen LogP contribution >= 0.6 is 11.6 Å². The predicted molar refractivity (Wildman–Crippen MR) is 54.9 cm³/mol. The highest BCUT2D eigenvalue weighted by Crippen LogP contribution is 2.20. The first-order valence-electron chi connectivity index (χ1n) is 4.33. The first kappa shape index (κ1) is 9.92. The van der Waals surface area contributed by atoms with Gasteiger partial charge in [-0.05, 0) is 6.07 Å². The van der Waals surface area contributed by atoms with Gasteiger partial charge in [-0.25, -0.2) is 4.98 Å². The van der Waals surface area contributed by atoms with Gasteiger partial charge in [-0.2, -0.15) is 4.98 Å². The topological polar surface area (TPSA) is 52.8 Å². The molecule has 0 radical (unpaired) electrons. The molecule has 0 N–H and O–H groups in total. The zero-order chi connectivity index (χ0) is 10.7. The molecule has 0 unspecified atom stereocenters. The average molecular weight is 225 g/mol. The Bertz CT molecular complexity index is 457. The molecule has 0 atom stereocenters. The molecule has 0 aliphatic rings. The van der Waals surface area contributed by atoms with E-state index in [1.165, 1.54) is 0 Å². The minimum absolute atomic E-state index is 0.266. The van der Waals surface area contributed by atoms with Crippen molar-refractivity contribution in [1.82, 2.24) is 19.7 Å². The van der Waals surface area contributed by atoms with Crippen LogP contribution in [0.3, 0.4) is 0 Å². The van der Waals surface area contributed by atoms with Gasteiger partial charge in [0, 0.05) is 18.8 Å². The third-order valence-corrected chi connectivity index (χ3v) is 2.05. The van der Waals surface area contributed by atoms with Crippen LogP contribution in [0.1, 0.15) is 5.56 Å². The van der Waals surface area contributed by atoms with E-state index in [-0.39, 0.29) is 6.01 Å². The van der Waals surface area contributed by atoms with Crippen molar-refractivity contribution in [3.63, 3.8) is 0 Å². The summed E-state index contributed by atoms with van der Waals surface area (Å²) in [6, 6.07) is 3.91. The van der Waals surface area contributed by atoms with E-state index in [0.29, 0.717) is 11.8 Å². The third kappa shape index (κ3) is 2.24. The summed E-state index contributed by atoms with van der Waals surface area (Å²) in [6.07, 6.45) is 3.19. The second-order valence-corrected chi connectivity index (χ2v) is 3.17. The zero-order valence-corrected chi connectivity index (χ0v) is 8.85. The largest absolute Gasteiger partial charge is 0.404 e. The molecule has 0 fully saturated rings. The predicted octanol–water partition coefficient (Wildman–Crippen LogP) is 1.74. The number of hydrogen-bond donors (Lipinski definition) is 0. The molecule has 0 saturated heterocycles. The Balaban J connectivity index is 2.23. The Kier molecular flexibility index (Phi) is 2.82. The van der Waals surface area contributed by atoms with Gasteiger partial charge in [0.25, 0.3) is 0 Å². The van der Waals surface area contributed by atoms with Crippen LogP contribution in [0.4, 0.5) is 0 Å². The van der Waals surface area contributed by atoms with Crippen molar-refractivity contribution >= 4 is 11.6 Å². The van der Waals surface area contributed by atoms with E-state index in [9.17, 15) is 0 Å². The van der Waals surface area contributed by atoms with Crippen LogP contribution in [-0.4, -0.2) is 19.7 Å². The fourth-order valence-corrected chi connectivity index (χ4v) is 1.27. The van der Waals surface area contributed by atoms with Gasteiger partial charge in [0.15, 0.2) is 0 Å². The summed E-state index contributed by atoms with van der Waals surface area (Å²) < 4.78 is 6.94. The third-order valence-electron chi connectivity index (χ3n) is 1.76. The van der Waals surface area contributed by atoms with E-state index < -0.39 is 0 Å². The Morgan fingerprint density at radius 1 is 1.47 bits per heavy atom. The molecule has 78 valence electrons. The highest BCUT2D eigenvalue weighted by molar-refractivity contribution is 6.17. The second kappa shape index (κ2) is 4.27. The molecule has 2 aromatic heterocycles. The Morgan fingerprint density at radius 2 is 2.33 bits per heavy atom. The van der Waals surface area contributed by atoms with Gasteiger partial charge >= 0.3 is 6.01 Å². The van der Waals surface area contributed by atoms with E-state index in [2.05, 4.69) is 15.1 Å². The van der Waals surface area contributed by atoms with Gasteiger partial charge in [-0.1, -0.05) is 6.07 Å². The summed E-state index contributed by atoms with van der Waals surface area (Å²) in [7, 11) is 1.76. The van der Waals surface area contributed by atoms with Gasteiger partial charge in [0.1, 0.15) is 6.33 Å². The number of rotatable bonds is 3. The van der Waals surface area contributed by atoms with Crippen molar-refractivity contribution in [3.8, 4) is 11.9 Å². The lowest BCUT2D eigenvalue weighted by molar-refractivity contribution is 0.419. The standard InChI is InChI=1S/C9H9ClN4O/c1-14-6-12-9(13-14)15-8-7(5-10)3-2-4-11-8/h2-4,6H,5H2,1H3. The molecule has 2 rings (SSSR count). The first-order chi connectivity index (χ1) is 7.29. The molecule has 0 saturated carbocycles. The smallest absolute Gasteiger partial charge is 0.342 e. The molecule has 0 aliphatic heterocycles. The van der Waals surface area contributed by atoms with Crippen molar-refractivity contribution in [2.45, 2.75) is 5.88 Å². The number of alkyl halides is 1.